The molecule has 0 atom stereocenters. The second kappa shape index (κ2) is 24.8. The Morgan fingerprint density at radius 1 is 0.355 bits per heavy atom. The zero-order valence-electron chi connectivity index (χ0n) is 22.3. The van der Waals surface area contributed by atoms with E-state index in [1.807, 2.05) is 0 Å². The smallest absolute Gasteiger partial charge is 0.338 e. The van der Waals surface area contributed by atoms with Crippen LogP contribution in [0.5, 0.6) is 0 Å². The third kappa shape index (κ3) is 20.5. The van der Waals surface area contributed by atoms with Crippen molar-refractivity contribution in [3.63, 3.8) is 0 Å². The van der Waals surface area contributed by atoms with Crippen molar-refractivity contribution < 1.29 is 8.85 Å². The van der Waals surface area contributed by atoms with Gasteiger partial charge in [0.2, 0.25) is 0 Å². The van der Waals surface area contributed by atoms with Crippen molar-refractivity contribution in [3.8, 4) is 0 Å². The molecule has 0 rings (SSSR count). The molecule has 0 N–H and O–H groups in total. The molecule has 0 heterocycles. The summed E-state index contributed by atoms with van der Waals surface area (Å²) >= 11 is 0. The van der Waals surface area contributed by atoms with Crippen molar-refractivity contribution in [2.45, 2.75) is 168 Å². The maximum Gasteiger partial charge on any atom is 0.338 e. The number of hydrogen-bond acceptors (Lipinski definition) is 2. The fourth-order valence-corrected chi connectivity index (χ4v) is 8.29. The molecule has 0 aliphatic heterocycles. The molecule has 188 valence electrons. The van der Waals surface area contributed by atoms with E-state index < -0.39 is 8.56 Å². The maximum atomic E-state index is 6.33. The molecule has 0 bridgehead atoms. The van der Waals surface area contributed by atoms with E-state index in [1.54, 1.807) is 0 Å². The Kier molecular flexibility index (Phi) is 24.9. The summed E-state index contributed by atoms with van der Waals surface area (Å²) in [7, 11) is -1.97. The van der Waals surface area contributed by atoms with Gasteiger partial charge >= 0.3 is 8.56 Å². The first-order valence-electron chi connectivity index (χ1n) is 14.5. The Balaban J connectivity index is 3.79. The van der Waals surface area contributed by atoms with E-state index in [-0.39, 0.29) is 0 Å². The second-order valence-corrected chi connectivity index (χ2v) is 13.0. The molecule has 2 nitrogen and oxygen atoms in total. The van der Waals surface area contributed by atoms with Crippen LogP contribution in [-0.2, 0) is 8.85 Å². The number of unbranched alkanes of at least 4 members (excludes halogenated alkanes) is 18. The maximum absolute atomic E-state index is 6.33. The summed E-state index contributed by atoms with van der Waals surface area (Å²) < 4.78 is 12.7. The summed E-state index contributed by atoms with van der Waals surface area (Å²) in [6, 6.07) is 2.42. The largest absolute Gasteiger partial charge is 0.394 e. The van der Waals surface area contributed by atoms with Gasteiger partial charge in [0.15, 0.2) is 0 Å². The summed E-state index contributed by atoms with van der Waals surface area (Å²) in [5, 5.41) is 0. The average molecular weight is 457 g/mol. The summed E-state index contributed by atoms with van der Waals surface area (Å²) in [6.45, 7) is 10.5. The molecular formula is C28H60O2Si. The number of hydrogen-bond donors (Lipinski definition) is 0. The van der Waals surface area contributed by atoms with Gasteiger partial charge < -0.3 is 8.85 Å². The third-order valence-electron chi connectivity index (χ3n) is 6.64. The second-order valence-electron chi connectivity index (χ2n) is 9.64. The lowest BCUT2D eigenvalue weighted by atomic mass is 10.0. The molecule has 3 heteroatoms. The zero-order valence-corrected chi connectivity index (χ0v) is 23.3. The molecule has 0 spiro atoms. The van der Waals surface area contributed by atoms with Crippen LogP contribution in [0.15, 0.2) is 0 Å². The Morgan fingerprint density at radius 2 is 0.613 bits per heavy atom. The Labute approximate surface area is 198 Å². The minimum absolute atomic E-state index is 0.820. The molecule has 0 radical (unpaired) electrons. The van der Waals surface area contributed by atoms with E-state index in [1.165, 1.54) is 141 Å². The van der Waals surface area contributed by atoms with Gasteiger partial charge in [-0.15, -0.1) is 0 Å². The molecule has 0 aromatic carbocycles. The van der Waals surface area contributed by atoms with Crippen LogP contribution in [0.2, 0.25) is 12.1 Å². The van der Waals surface area contributed by atoms with Crippen molar-refractivity contribution in [2.75, 3.05) is 13.2 Å². The highest BCUT2D eigenvalue weighted by molar-refractivity contribution is 6.67. The summed E-state index contributed by atoms with van der Waals surface area (Å²) in [4.78, 5) is 0. The Hall–Kier alpha value is 0.137. The van der Waals surface area contributed by atoms with Gasteiger partial charge in [-0.1, -0.05) is 142 Å². The van der Waals surface area contributed by atoms with Crippen LogP contribution in [0.4, 0.5) is 0 Å². The van der Waals surface area contributed by atoms with Crippen molar-refractivity contribution >= 4 is 8.56 Å². The van der Waals surface area contributed by atoms with E-state index >= 15 is 0 Å². The van der Waals surface area contributed by atoms with Gasteiger partial charge in [0, 0.05) is 13.2 Å². The van der Waals surface area contributed by atoms with E-state index in [4.69, 9.17) is 8.85 Å². The van der Waals surface area contributed by atoms with Gasteiger partial charge in [0.1, 0.15) is 0 Å². The minimum Gasteiger partial charge on any atom is -0.394 e. The van der Waals surface area contributed by atoms with Gasteiger partial charge in [-0.05, 0) is 25.9 Å². The van der Waals surface area contributed by atoms with E-state index in [2.05, 4.69) is 27.7 Å². The molecule has 0 unspecified atom stereocenters. The minimum atomic E-state index is -1.97. The Bertz CT molecular complexity index is 329. The van der Waals surface area contributed by atoms with Crippen LogP contribution in [-0.4, -0.2) is 21.8 Å². The van der Waals surface area contributed by atoms with Crippen molar-refractivity contribution in [2.24, 2.45) is 0 Å². The van der Waals surface area contributed by atoms with Gasteiger partial charge in [-0.25, -0.2) is 0 Å². The van der Waals surface area contributed by atoms with Crippen LogP contribution >= 0.6 is 0 Å². The van der Waals surface area contributed by atoms with Gasteiger partial charge in [-0.3, -0.25) is 0 Å². The molecule has 0 aromatic heterocycles. The first kappa shape index (κ1) is 31.1. The fraction of sp³-hybridized carbons (Fsp3) is 1.00. The topological polar surface area (TPSA) is 18.5 Å². The lowest BCUT2D eigenvalue weighted by Crippen LogP contribution is -2.42. The van der Waals surface area contributed by atoms with Crippen LogP contribution in [0.25, 0.3) is 0 Å². The van der Waals surface area contributed by atoms with Crippen molar-refractivity contribution in [3.05, 3.63) is 0 Å². The highest BCUT2D eigenvalue weighted by Gasteiger charge is 2.35. The molecule has 0 amide bonds. The highest BCUT2D eigenvalue weighted by Crippen LogP contribution is 2.26. The first-order valence-corrected chi connectivity index (χ1v) is 16.8. The van der Waals surface area contributed by atoms with E-state index in [0.29, 0.717) is 0 Å². The summed E-state index contributed by atoms with van der Waals surface area (Å²) in [5.74, 6) is 0. The molecule has 31 heavy (non-hydrogen) atoms. The summed E-state index contributed by atoms with van der Waals surface area (Å²) in [5.41, 5.74) is 0. The molecule has 0 fully saturated rings. The van der Waals surface area contributed by atoms with Gasteiger partial charge in [0.25, 0.3) is 0 Å². The van der Waals surface area contributed by atoms with Gasteiger partial charge in [-0.2, -0.15) is 0 Å². The van der Waals surface area contributed by atoms with Crippen LogP contribution in [0.1, 0.15) is 156 Å². The normalized spacial score (nSPS) is 12.0. The van der Waals surface area contributed by atoms with Crippen LogP contribution < -0.4 is 0 Å². The molecule has 0 aliphatic rings. The van der Waals surface area contributed by atoms with Crippen LogP contribution in [0, 0.1) is 0 Å². The fourth-order valence-electron chi connectivity index (χ4n) is 4.74. The van der Waals surface area contributed by atoms with Gasteiger partial charge in [0.05, 0.1) is 0 Å². The quantitative estimate of drug-likeness (QED) is 0.0951. The van der Waals surface area contributed by atoms with Crippen LogP contribution in [0.3, 0.4) is 0 Å². The molecule has 0 aliphatic carbocycles. The van der Waals surface area contributed by atoms with Crippen molar-refractivity contribution in [1.29, 1.82) is 0 Å². The van der Waals surface area contributed by atoms with Crippen molar-refractivity contribution in [1.82, 2.24) is 0 Å². The average Bonchev–Trinajstić information content (AvgIpc) is 2.77. The lowest BCUT2D eigenvalue weighted by molar-refractivity contribution is 0.180. The SMILES string of the molecule is CCCCCCCCCCCCCCCC[Si](CCCCCCCC)(OCC)OCC. The zero-order chi connectivity index (χ0) is 22.9. The standard InChI is InChI=1S/C28H60O2Si/c1-5-9-11-13-15-16-17-18-19-20-21-22-24-26-28-31(29-7-3,30-8-4)27-25-23-14-12-10-6-2/h5-28H2,1-4H3. The molecular weight excluding hydrogens is 396 g/mol. The third-order valence-corrected chi connectivity index (χ3v) is 10.5. The first-order chi connectivity index (χ1) is 15.2. The summed E-state index contributed by atoms with van der Waals surface area (Å²) in [6.07, 6.45) is 28.1. The molecule has 0 saturated heterocycles. The highest BCUT2D eigenvalue weighted by atomic mass is 28.4. The van der Waals surface area contributed by atoms with E-state index in [9.17, 15) is 0 Å². The molecule has 0 saturated carbocycles. The predicted octanol–water partition coefficient (Wildman–Crippen LogP) is 10.3. The Morgan fingerprint density at radius 3 is 0.871 bits per heavy atom. The van der Waals surface area contributed by atoms with E-state index in [0.717, 1.165) is 13.2 Å². The predicted molar refractivity (Wildman–Crippen MR) is 142 cm³/mol. The number of rotatable bonds is 26. The molecule has 0 aromatic rings. The monoisotopic (exact) mass is 456 g/mol. The lowest BCUT2D eigenvalue weighted by Gasteiger charge is -2.30.